The standard InChI is InChI=1S/C12H12N2O4/c1-17-4-5-18-11-9-3-2-8(12(15)16)6-10(9)13-7-14-11/h2-3,6-7H,4-5H2,1H3,(H,15,16). The summed E-state index contributed by atoms with van der Waals surface area (Å²) in [6, 6.07) is 4.63. The summed E-state index contributed by atoms with van der Waals surface area (Å²) in [5, 5.41) is 9.58. The minimum Gasteiger partial charge on any atom is -0.478 e. The number of hydrogen-bond donors (Lipinski definition) is 1. The second-order valence-electron chi connectivity index (χ2n) is 3.56. The SMILES string of the molecule is COCCOc1ncnc2cc(C(=O)O)ccc12. The molecular formula is C12H12N2O4. The first kappa shape index (κ1) is 12.3. The van der Waals surface area contributed by atoms with Crippen LogP contribution < -0.4 is 4.74 Å². The Morgan fingerprint density at radius 1 is 1.33 bits per heavy atom. The molecule has 2 aromatic rings. The lowest BCUT2D eigenvalue weighted by Crippen LogP contribution is -2.06. The van der Waals surface area contributed by atoms with Crippen LogP contribution in [-0.2, 0) is 4.74 Å². The average Bonchev–Trinajstić information content (AvgIpc) is 2.38. The molecular weight excluding hydrogens is 236 g/mol. The summed E-state index contributed by atoms with van der Waals surface area (Å²) >= 11 is 0. The van der Waals surface area contributed by atoms with Crippen molar-refractivity contribution in [2.24, 2.45) is 0 Å². The summed E-state index contributed by atoms with van der Waals surface area (Å²) < 4.78 is 10.3. The Balaban J connectivity index is 2.34. The van der Waals surface area contributed by atoms with Gasteiger partial charge in [-0.25, -0.2) is 14.8 Å². The molecule has 1 N–H and O–H groups in total. The lowest BCUT2D eigenvalue weighted by atomic mass is 10.1. The summed E-state index contributed by atoms with van der Waals surface area (Å²) in [4.78, 5) is 18.9. The third-order valence-corrected chi connectivity index (χ3v) is 2.37. The van der Waals surface area contributed by atoms with Crippen molar-refractivity contribution in [3.8, 4) is 5.88 Å². The molecule has 94 valence electrons. The van der Waals surface area contributed by atoms with E-state index < -0.39 is 5.97 Å². The Hall–Kier alpha value is -2.21. The molecule has 6 nitrogen and oxygen atoms in total. The van der Waals surface area contributed by atoms with Crippen LogP contribution in [0.1, 0.15) is 10.4 Å². The summed E-state index contributed by atoms with van der Waals surface area (Å²) in [5.74, 6) is -0.564. The zero-order chi connectivity index (χ0) is 13.0. The van der Waals surface area contributed by atoms with Crippen molar-refractivity contribution >= 4 is 16.9 Å². The Labute approximate surface area is 103 Å². The second-order valence-corrected chi connectivity index (χ2v) is 3.56. The van der Waals surface area contributed by atoms with Crippen molar-refractivity contribution in [3.05, 3.63) is 30.1 Å². The highest BCUT2D eigenvalue weighted by Crippen LogP contribution is 2.22. The normalized spacial score (nSPS) is 10.5. The minimum absolute atomic E-state index is 0.184. The van der Waals surface area contributed by atoms with Crippen LogP contribution in [0.15, 0.2) is 24.5 Å². The quantitative estimate of drug-likeness (QED) is 0.804. The van der Waals surface area contributed by atoms with Gasteiger partial charge in [0.05, 0.1) is 23.1 Å². The van der Waals surface area contributed by atoms with Crippen LogP contribution in [-0.4, -0.2) is 41.4 Å². The largest absolute Gasteiger partial charge is 0.478 e. The van der Waals surface area contributed by atoms with Crippen molar-refractivity contribution in [2.75, 3.05) is 20.3 Å². The molecule has 0 aliphatic rings. The first-order chi connectivity index (χ1) is 8.72. The predicted molar refractivity (Wildman–Crippen MR) is 63.9 cm³/mol. The Morgan fingerprint density at radius 2 is 2.17 bits per heavy atom. The fourth-order valence-corrected chi connectivity index (χ4v) is 1.50. The first-order valence-corrected chi connectivity index (χ1v) is 5.32. The van der Waals surface area contributed by atoms with Gasteiger partial charge in [0, 0.05) is 7.11 Å². The van der Waals surface area contributed by atoms with Crippen LogP contribution in [0.3, 0.4) is 0 Å². The van der Waals surface area contributed by atoms with Crippen LogP contribution in [0.5, 0.6) is 5.88 Å². The van der Waals surface area contributed by atoms with E-state index in [1.54, 1.807) is 13.2 Å². The highest BCUT2D eigenvalue weighted by Gasteiger charge is 2.08. The first-order valence-electron chi connectivity index (χ1n) is 5.32. The van der Waals surface area contributed by atoms with Gasteiger partial charge in [0.2, 0.25) is 5.88 Å². The van der Waals surface area contributed by atoms with Gasteiger partial charge in [-0.05, 0) is 18.2 Å². The lowest BCUT2D eigenvalue weighted by molar-refractivity contribution is 0.0697. The number of benzene rings is 1. The Kier molecular flexibility index (Phi) is 3.69. The number of carboxylic acids is 1. The molecule has 6 heteroatoms. The molecule has 0 aliphatic carbocycles. The van der Waals surface area contributed by atoms with E-state index in [-0.39, 0.29) is 5.56 Å². The number of methoxy groups -OCH3 is 1. The highest BCUT2D eigenvalue weighted by atomic mass is 16.5. The van der Waals surface area contributed by atoms with Gasteiger partial charge in [0.1, 0.15) is 12.9 Å². The summed E-state index contributed by atoms with van der Waals surface area (Å²) in [6.45, 7) is 0.835. The van der Waals surface area contributed by atoms with E-state index in [1.165, 1.54) is 18.5 Å². The maximum absolute atomic E-state index is 10.8. The van der Waals surface area contributed by atoms with Crippen molar-refractivity contribution in [3.63, 3.8) is 0 Å². The van der Waals surface area contributed by atoms with E-state index >= 15 is 0 Å². The topological polar surface area (TPSA) is 81.5 Å². The smallest absolute Gasteiger partial charge is 0.335 e. The van der Waals surface area contributed by atoms with Crippen LogP contribution in [0.25, 0.3) is 10.9 Å². The molecule has 0 amide bonds. The van der Waals surface area contributed by atoms with E-state index in [2.05, 4.69) is 9.97 Å². The second kappa shape index (κ2) is 5.42. The van der Waals surface area contributed by atoms with Crippen LogP contribution in [0.2, 0.25) is 0 Å². The van der Waals surface area contributed by atoms with E-state index in [0.717, 1.165) is 0 Å². The molecule has 1 heterocycles. The van der Waals surface area contributed by atoms with Gasteiger partial charge in [0.25, 0.3) is 0 Å². The molecule has 0 unspecified atom stereocenters. The third-order valence-electron chi connectivity index (χ3n) is 2.37. The fraction of sp³-hybridized carbons (Fsp3) is 0.250. The molecule has 0 bridgehead atoms. The van der Waals surface area contributed by atoms with Gasteiger partial charge in [-0.15, -0.1) is 0 Å². The van der Waals surface area contributed by atoms with Crippen LogP contribution in [0.4, 0.5) is 0 Å². The van der Waals surface area contributed by atoms with Gasteiger partial charge in [-0.3, -0.25) is 0 Å². The van der Waals surface area contributed by atoms with E-state index in [9.17, 15) is 4.79 Å². The number of aromatic nitrogens is 2. The number of carboxylic acid groups (broad SMARTS) is 1. The van der Waals surface area contributed by atoms with E-state index in [1.807, 2.05) is 0 Å². The number of carbonyl (C=O) groups is 1. The zero-order valence-corrected chi connectivity index (χ0v) is 9.79. The number of ether oxygens (including phenoxy) is 2. The summed E-state index contributed by atoms with van der Waals surface area (Å²) in [5.41, 5.74) is 0.723. The monoisotopic (exact) mass is 248 g/mol. The van der Waals surface area contributed by atoms with Gasteiger partial charge in [-0.2, -0.15) is 0 Å². The maximum Gasteiger partial charge on any atom is 0.335 e. The molecule has 1 aromatic carbocycles. The molecule has 0 atom stereocenters. The molecule has 0 fully saturated rings. The van der Waals surface area contributed by atoms with Crippen molar-refractivity contribution in [1.82, 2.24) is 9.97 Å². The number of hydrogen-bond acceptors (Lipinski definition) is 5. The van der Waals surface area contributed by atoms with Gasteiger partial charge in [0.15, 0.2) is 0 Å². The van der Waals surface area contributed by atoms with Gasteiger partial charge < -0.3 is 14.6 Å². The van der Waals surface area contributed by atoms with Gasteiger partial charge >= 0.3 is 5.97 Å². The number of fused-ring (bicyclic) bond motifs is 1. The molecule has 2 rings (SSSR count). The number of rotatable bonds is 5. The van der Waals surface area contributed by atoms with Gasteiger partial charge in [-0.1, -0.05) is 0 Å². The molecule has 0 saturated carbocycles. The summed E-state index contributed by atoms with van der Waals surface area (Å²) in [7, 11) is 1.58. The van der Waals surface area contributed by atoms with Crippen molar-refractivity contribution in [1.29, 1.82) is 0 Å². The molecule has 0 spiro atoms. The van der Waals surface area contributed by atoms with Crippen LogP contribution >= 0.6 is 0 Å². The fourth-order valence-electron chi connectivity index (χ4n) is 1.50. The number of nitrogens with zero attached hydrogens (tertiary/aromatic N) is 2. The molecule has 1 aromatic heterocycles. The molecule has 0 aliphatic heterocycles. The Bertz CT molecular complexity index is 571. The minimum atomic E-state index is -0.989. The lowest BCUT2D eigenvalue weighted by Gasteiger charge is -2.07. The van der Waals surface area contributed by atoms with Crippen molar-refractivity contribution in [2.45, 2.75) is 0 Å². The zero-order valence-electron chi connectivity index (χ0n) is 9.79. The Morgan fingerprint density at radius 3 is 2.89 bits per heavy atom. The average molecular weight is 248 g/mol. The van der Waals surface area contributed by atoms with E-state index in [4.69, 9.17) is 14.6 Å². The summed E-state index contributed by atoms with van der Waals surface area (Å²) in [6.07, 6.45) is 1.34. The molecule has 0 radical (unpaired) electrons. The highest BCUT2D eigenvalue weighted by molar-refractivity contribution is 5.94. The van der Waals surface area contributed by atoms with E-state index in [0.29, 0.717) is 30.0 Å². The van der Waals surface area contributed by atoms with Crippen LogP contribution in [0, 0.1) is 0 Å². The maximum atomic E-state index is 10.8. The molecule has 18 heavy (non-hydrogen) atoms. The number of aromatic carboxylic acids is 1. The molecule has 0 saturated heterocycles. The van der Waals surface area contributed by atoms with Crippen molar-refractivity contribution < 1.29 is 19.4 Å². The third kappa shape index (κ3) is 2.54. The predicted octanol–water partition coefficient (Wildman–Crippen LogP) is 1.35.